The third-order valence-electron chi connectivity index (χ3n) is 4.61. The molecular formula is C19H25N5O3S. The molecule has 0 radical (unpaired) electrons. The predicted octanol–water partition coefficient (Wildman–Crippen LogP) is 1.48. The second-order valence-electron chi connectivity index (χ2n) is 6.70. The number of benzene rings is 1. The smallest absolute Gasteiger partial charge is 0.290 e. The number of nitrogens with zero attached hydrogens (tertiary/aromatic N) is 2. The van der Waals surface area contributed by atoms with E-state index in [-0.39, 0.29) is 17.4 Å². The first-order chi connectivity index (χ1) is 13.6. The molecule has 28 heavy (non-hydrogen) atoms. The standard InChI is InChI=1S/C19H25N5O3S/c1-2-3-10-24-18(26)15-9-5-4-8-14(15)16(23-24)17(25)21-22-19(28)20-12-13-7-6-11-27-13/h4-5,8-9,13H,2-3,6-7,10-12H2,1H3,(H,21,25)(H2,20,22,28)/t13-/m1/s1. The van der Waals surface area contributed by atoms with E-state index in [1.54, 1.807) is 24.3 Å². The summed E-state index contributed by atoms with van der Waals surface area (Å²) in [5, 5.41) is 8.60. The molecule has 2 aromatic rings. The van der Waals surface area contributed by atoms with E-state index >= 15 is 0 Å². The third-order valence-corrected chi connectivity index (χ3v) is 4.86. The van der Waals surface area contributed by atoms with Crippen molar-refractivity contribution in [2.75, 3.05) is 13.2 Å². The molecule has 3 rings (SSSR count). The quantitative estimate of drug-likeness (QED) is 0.497. The van der Waals surface area contributed by atoms with E-state index in [4.69, 9.17) is 17.0 Å². The van der Waals surface area contributed by atoms with Gasteiger partial charge in [0.05, 0.1) is 11.5 Å². The molecule has 8 nitrogen and oxygen atoms in total. The number of amides is 1. The van der Waals surface area contributed by atoms with Crippen LogP contribution in [-0.2, 0) is 11.3 Å². The summed E-state index contributed by atoms with van der Waals surface area (Å²) in [4.78, 5) is 25.3. The van der Waals surface area contributed by atoms with Gasteiger partial charge < -0.3 is 10.1 Å². The van der Waals surface area contributed by atoms with Crippen molar-refractivity contribution in [3.8, 4) is 0 Å². The lowest BCUT2D eigenvalue weighted by Crippen LogP contribution is -2.48. The first kappa shape index (κ1) is 20.2. The van der Waals surface area contributed by atoms with Gasteiger partial charge in [-0.1, -0.05) is 31.5 Å². The van der Waals surface area contributed by atoms with Gasteiger partial charge >= 0.3 is 0 Å². The van der Waals surface area contributed by atoms with Crippen molar-refractivity contribution >= 4 is 34.0 Å². The summed E-state index contributed by atoms with van der Waals surface area (Å²) < 4.78 is 6.88. The largest absolute Gasteiger partial charge is 0.376 e. The topological polar surface area (TPSA) is 97.3 Å². The number of hydrogen-bond acceptors (Lipinski definition) is 5. The van der Waals surface area contributed by atoms with E-state index in [2.05, 4.69) is 21.3 Å². The Labute approximate surface area is 168 Å². The molecule has 1 aromatic heterocycles. The minimum Gasteiger partial charge on any atom is -0.376 e. The molecule has 1 aromatic carbocycles. The monoisotopic (exact) mass is 403 g/mol. The lowest BCUT2D eigenvalue weighted by atomic mass is 10.1. The molecule has 0 bridgehead atoms. The van der Waals surface area contributed by atoms with Gasteiger partial charge in [0.2, 0.25) is 0 Å². The van der Waals surface area contributed by atoms with Crippen LogP contribution in [0.4, 0.5) is 0 Å². The van der Waals surface area contributed by atoms with Gasteiger partial charge in [-0.25, -0.2) is 4.68 Å². The Bertz CT molecular complexity index is 908. The van der Waals surface area contributed by atoms with Crippen LogP contribution in [0, 0.1) is 0 Å². The molecule has 0 unspecified atom stereocenters. The van der Waals surface area contributed by atoms with Crippen LogP contribution in [0.1, 0.15) is 43.1 Å². The van der Waals surface area contributed by atoms with Crippen molar-refractivity contribution in [3.63, 3.8) is 0 Å². The summed E-state index contributed by atoms with van der Waals surface area (Å²) in [6.07, 6.45) is 3.92. The number of rotatable bonds is 6. The number of ether oxygens (including phenoxy) is 1. The van der Waals surface area contributed by atoms with Gasteiger partial charge in [-0.2, -0.15) is 5.10 Å². The van der Waals surface area contributed by atoms with Crippen LogP contribution < -0.4 is 21.7 Å². The highest BCUT2D eigenvalue weighted by molar-refractivity contribution is 7.80. The van der Waals surface area contributed by atoms with Crippen LogP contribution in [0.25, 0.3) is 10.8 Å². The Morgan fingerprint density at radius 2 is 2.11 bits per heavy atom. The maximum Gasteiger partial charge on any atom is 0.290 e. The highest BCUT2D eigenvalue weighted by Gasteiger charge is 2.18. The Morgan fingerprint density at radius 1 is 1.32 bits per heavy atom. The van der Waals surface area contributed by atoms with Crippen molar-refractivity contribution in [2.45, 2.75) is 45.3 Å². The summed E-state index contributed by atoms with van der Waals surface area (Å²) in [7, 11) is 0. The van der Waals surface area contributed by atoms with Gasteiger partial charge in [-0.15, -0.1) is 0 Å². The van der Waals surface area contributed by atoms with E-state index < -0.39 is 5.91 Å². The lowest BCUT2D eigenvalue weighted by molar-refractivity contribution is 0.0937. The second kappa shape index (κ2) is 9.61. The van der Waals surface area contributed by atoms with Gasteiger partial charge in [0.1, 0.15) is 0 Å². The number of carbonyl (C=O) groups is 1. The maximum atomic E-state index is 12.7. The molecule has 150 valence electrons. The van der Waals surface area contributed by atoms with E-state index in [1.165, 1.54) is 4.68 Å². The van der Waals surface area contributed by atoms with Gasteiger partial charge in [-0.3, -0.25) is 20.4 Å². The summed E-state index contributed by atoms with van der Waals surface area (Å²) in [6.45, 7) is 3.87. The number of aryl methyl sites for hydroxylation is 1. The first-order valence-electron chi connectivity index (χ1n) is 9.55. The highest BCUT2D eigenvalue weighted by Crippen LogP contribution is 2.13. The molecule has 1 aliphatic heterocycles. The number of fused-ring (bicyclic) bond motifs is 1. The van der Waals surface area contributed by atoms with E-state index in [9.17, 15) is 9.59 Å². The fourth-order valence-corrected chi connectivity index (χ4v) is 3.23. The number of aromatic nitrogens is 2. The molecule has 0 spiro atoms. The number of thiocarbonyl (C=S) groups is 1. The highest BCUT2D eigenvalue weighted by atomic mass is 32.1. The summed E-state index contributed by atoms with van der Waals surface area (Å²) in [5.74, 6) is -0.456. The molecule has 1 aliphatic rings. The van der Waals surface area contributed by atoms with E-state index in [0.717, 1.165) is 32.3 Å². The molecule has 1 saturated heterocycles. The van der Waals surface area contributed by atoms with Crippen molar-refractivity contribution in [3.05, 3.63) is 40.3 Å². The van der Waals surface area contributed by atoms with Crippen molar-refractivity contribution in [1.82, 2.24) is 25.9 Å². The summed E-state index contributed by atoms with van der Waals surface area (Å²) >= 11 is 5.19. The van der Waals surface area contributed by atoms with Crippen LogP contribution in [-0.4, -0.2) is 40.1 Å². The van der Waals surface area contributed by atoms with Gasteiger partial charge in [-0.05, 0) is 37.5 Å². The lowest BCUT2D eigenvalue weighted by Gasteiger charge is -2.15. The molecule has 2 heterocycles. The molecule has 1 atom stereocenters. The van der Waals surface area contributed by atoms with Crippen LogP contribution in [0.3, 0.4) is 0 Å². The minimum atomic E-state index is -0.456. The Kier molecular flexibility index (Phi) is 6.94. The SMILES string of the molecule is CCCCn1nc(C(=O)NNC(=S)NC[C@H]2CCCO2)c2ccccc2c1=O. The van der Waals surface area contributed by atoms with Crippen LogP contribution in [0.2, 0.25) is 0 Å². The first-order valence-corrected chi connectivity index (χ1v) is 9.96. The molecule has 1 fully saturated rings. The van der Waals surface area contributed by atoms with Crippen molar-refractivity contribution in [2.24, 2.45) is 0 Å². The van der Waals surface area contributed by atoms with E-state index in [0.29, 0.717) is 29.0 Å². The van der Waals surface area contributed by atoms with Gasteiger partial charge in [0.15, 0.2) is 10.8 Å². The average Bonchev–Trinajstić information content (AvgIpc) is 3.24. The Balaban J connectivity index is 1.70. The minimum absolute atomic E-state index is 0.142. The molecule has 1 amide bonds. The molecule has 0 saturated carbocycles. The fraction of sp³-hybridized carbons (Fsp3) is 0.474. The second-order valence-corrected chi connectivity index (χ2v) is 7.11. The summed E-state index contributed by atoms with van der Waals surface area (Å²) in [5.41, 5.74) is 5.23. The zero-order valence-corrected chi connectivity index (χ0v) is 16.7. The average molecular weight is 404 g/mol. The zero-order valence-electron chi connectivity index (χ0n) is 15.9. The van der Waals surface area contributed by atoms with Gasteiger partial charge in [0, 0.05) is 25.1 Å². The maximum absolute atomic E-state index is 12.7. The summed E-state index contributed by atoms with van der Waals surface area (Å²) in [6, 6.07) is 6.98. The number of hydrazine groups is 1. The molecular weight excluding hydrogens is 378 g/mol. The van der Waals surface area contributed by atoms with Crippen molar-refractivity contribution in [1.29, 1.82) is 0 Å². The van der Waals surface area contributed by atoms with Crippen LogP contribution in [0.5, 0.6) is 0 Å². The number of unbranched alkanes of at least 4 members (excludes halogenated alkanes) is 1. The normalized spacial score (nSPS) is 16.1. The number of carbonyl (C=O) groups excluding carboxylic acids is 1. The third kappa shape index (κ3) is 4.85. The predicted molar refractivity (Wildman–Crippen MR) is 111 cm³/mol. The number of nitrogens with one attached hydrogen (secondary N) is 3. The Hall–Kier alpha value is -2.52. The van der Waals surface area contributed by atoms with Gasteiger partial charge in [0.25, 0.3) is 11.5 Å². The number of hydrogen-bond donors (Lipinski definition) is 3. The van der Waals surface area contributed by atoms with Crippen LogP contribution in [0.15, 0.2) is 29.1 Å². The zero-order chi connectivity index (χ0) is 19.9. The molecule has 0 aliphatic carbocycles. The fourth-order valence-electron chi connectivity index (χ4n) is 3.09. The molecule has 3 N–H and O–H groups in total. The molecule has 9 heteroatoms. The van der Waals surface area contributed by atoms with Crippen molar-refractivity contribution < 1.29 is 9.53 Å². The Morgan fingerprint density at radius 3 is 2.82 bits per heavy atom. The van der Waals surface area contributed by atoms with E-state index in [1.807, 2.05) is 6.92 Å². The van der Waals surface area contributed by atoms with Crippen LogP contribution >= 0.6 is 12.2 Å².